The highest BCUT2D eigenvalue weighted by atomic mass is 15.2. The van der Waals surface area contributed by atoms with E-state index in [4.69, 9.17) is 10.7 Å². The van der Waals surface area contributed by atoms with Gasteiger partial charge < -0.3 is 10.6 Å². The summed E-state index contributed by atoms with van der Waals surface area (Å²) in [6.07, 6.45) is 3.75. The molecule has 1 aromatic heterocycles. The molecule has 2 heterocycles. The Morgan fingerprint density at radius 2 is 1.90 bits per heavy atom. The highest BCUT2D eigenvalue weighted by Gasteiger charge is 2.27. The van der Waals surface area contributed by atoms with Gasteiger partial charge >= 0.3 is 0 Å². The maximum atomic E-state index is 5.96. The van der Waals surface area contributed by atoms with Crippen molar-refractivity contribution in [1.29, 1.82) is 0 Å². The molecule has 21 heavy (non-hydrogen) atoms. The number of hydrogen-bond acceptors (Lipinski definition) is 4. The van der Waals surface area contributed by atoms with Gasteiger partial charge in [0.2, 0.25) is 0 Å². The van der Waals surface area contributed by atoms with E-state index in [-0.39, 0.29) is 0 Å². The zero-order valence-corrected chi connectivity index (χ0v) is 14.2. The van der Waals surface area contributed by atoms with E-state index in [1.54, 1.807) is 0 Å². The smallest absolute Gasteiger partial charge is 0.135 e. The van der Waals surface area contributed by atoms with E-state index < -0.39 is 0 Å². The summed E-state index contributed by atoms with van der Waals surface area (Å²) in [4.78, 5) is 11.5. The van der Waals surface area contributed by atoms with Crippen LogP contribution in [0.4, 0.5) is 11.6 Å². The number of nitrogens with zero attached hydrogens (tertiary/aromatic N) is 3. The Bertz CT molecular complexity index is 476. The van der Waals surface area contributed by atoms with Crippen LogP contribution in [-0.2, 0) is 0 Å². The minimum atomic E-state index is 0.307. The second-order valence-corrected chi connectivity index (χ2v) is 7.64. The van der Waals surface area contributed by atoms with Crippen LogP contribution in [0.2, 0.25) is 0 Å². The van der Waals surface area contributed by atoms with E-state index in [2.05, 4.69) is 44.5 Å². The fourth-order valence-electron chi connectivity index (χ4n) is 3.08. The van der Waals surface area contributed by atoms with E-state index in [1.807, 2.05) is 6.07 Å². The second-order valence-electron chi connectivity index (χ2n) is 7.64. The predicted octanol–water partition coefficient (Wildman–Crippen LogP) is 3.83. The van der Waals surface area contributed by atoms with Crippen LogP contribution in [0, 0.1) is 11.3 Å². The molecule has 0 bridgehead atoms. The zero-order chi connectivity index (χ0) is 15.6. The maximum Gasteiger partial charge on any atom is 0.135 e. The van der Waals surface area contributed by atoms with Gasteiger partial charge in [-0.2, -0.15) is 0 Å². The summed E-state index contributed by atoms with van der Waals surface area (Å²) in [5.41, 5.74) is 6.35. The molecule has 0 spiro atoms. The molecule has 0 amide bonds. The fourth-order valence-corrected chi connectivity index (χ4v) is 3.08. The van der Waals surface area contributed by atoms with Gasteiger partial charge in [0.25, 0.3) is 0 Å². The molecule has 2 N–H and O–H groups in total. The SMILES string of the molecule is CC(C)c1nc(N)cc(N2CCCC(C(C)(C)C)CC2)n1. The average Bonchev–Trinajstić information content (AvgIpc) is 2.63. The molecule has 4 nitrogen and oxygen atoms in total. The van der Waals surface area contributed by atoms with Gasteiger partial charge in [-0.15, -0.1) is 0 Å². The normalized spacial score (nSPS) is 20.7. The molecule has 2 rings (SSSR count). The molecule has 1 saturated heterocycles. The molecule has 4 heteroatoms. The number of anilines is 2. The van der Waals surface area contributed by atoms with Gasteiger partial charge in [0, 0.05) is 25.1 Å². The van der Waals surface area contributed by atoms with E-state index >= 15 is 0 Å². The molecule has 1 atom stereocenters. The summed E-state index contributed by atoms with van der Waals surface area (Å²) in [6.45, 7) is 13.4. The monoisotopic (exact) mass is 290 g/mol. The van der Waals surface area contributed by atoms with Crippen LogP contribution in [0.15, 0.2) is 6.07 Å². The Morgan fingerprint density at radius 3 is 2.52 bits per heavy atom. The molecule has 1 aromatic rings. The van der Waals surface area contributed by atoms with Gasteiger partial charge in [-0.05, 0) is 30.6 Å². The third-order valence-corrected chi connectivity index (χ3v) is 4.54. The minimum absolute atomic E-state index is 0.307. The molecule has 0 radical (unpaired) electrons. The quantitative estimate of drug-likeness (QED) is 0.899. The van der Waals surface area contributed by atoms with E-state index in [0.29, 0.717) is 17.2 Å². The Labute approximate surface area is 129 Å². The third-order valence-electron chi connectivity index (χ3n) is 4.54. The van der Waals surface area contributed by atoms with Crippen molar-refractivity contribution in [3.63, 3.8) is 0 Å². The van der Waals surface area contributed by atoms with Gasteiger partial charge in [0.15, 0.2) is 0 Å². The largest absolute Gasteiger partial charge is 0.384 e. The fraction of sp³-hybridized carbons (Fsp3) is 0.765. The van der Waals surface area contributed by atoms with Crippen molar-refractivity contribution in [3.8, 4) is 0 Å². The van der Waals surface area contributed by atoms with Crippen molar-refractivity contribution in [1.82, 2.24) is 9.97 Å². The third kappa shape index (κ3) is 4.08. The van der Waals surface area contributed by atoms with Crippen LogP contribution in [-0.4, -0.2) is 23.1 Å². The van der Waals surface area contributed by atoms with Crippen LogP contribution in [0.5, 0.6) is 0 Å². The minimum Gasteiger partial charge on any atom is -0.384 e. The molecule has 118 valence electrons. The van der Waals surface area contributed by atoms with Crippen molar-refractivity contribution >= 4 is 11.6 Å². The van der Waals surface area contributed by atoms with Gasteiger partial charge in [0.05, 0.1) is 0 Å². The first-order chi connectivity index (χ1) is 9.77. The first-order valence-electron chi connectivity index (χ1n) is 8.17. The Hall–Kier alpha value is -1.32. The number of aromatic nitrogens is 2. The Balaban J connectivity index is 2.16. The van der Waals surface area contributed by atoms with Crippen LogP contribution in [0.25, 0.3) is 0 Å². The molecular formula is C17H30N4. The first-order valence-corrected chi connectivity index (χ1v) is 8.17. The van der Waals surface area contributed by atoms with Crippen molar-refractivity contribution in [2.75, 3.05) is 23.7 Å². The highest BCUT2D eigenvalue weighted by molar-refractivity contribution is 5.47. The number of nitrogen functional groups attached to an aromatic ring is 1. The van der Waals surface area contributed by atoms with Crippen LogP contribution in [0.3, 0.4) is 0 Å². The molecule has 1 aliphatic rings. The molecule has 0 aromatic carbocycles. The first kappa shape index (κ1) is 16.1. The molecule has 0 aliphatic carbocycles. The highest BCUT2D eigenvalue weighted by Crippen LogP contribution is 2.35. The van der Waals surface area contributed by atoms with E-state index in [1.165, 1.54) is 19.3 Å². The Kier molecular flexibility index (Phi) is 4.74. The van der Waals surface area contributed by atoms with Crippen molar-refractivity contribution in [2.24, 2.45) is 11.3 Å². The van der Waals surface area contributed by atoms with Crippen molar-refractivity contribution in [3.05, 3.63) is 11.9 Å². The van der Waals surface area contributed by atoms with Crippen molar-refractivity contribution < 1.29 is 0 Å². The second kappa shape index (κ2) is 6.20. The average molecular weight is 290 g/mol. The van der Waals surface area contributed by atoms with Gasteiger partial charge in [-0.25, -0.2) is 9.97 Å². The van der Waals surface area contributed by atoms with Crippen LogP contribution < -0.4 is 10.6 Å². The lowest BCUT2D eigenvalue weighted by molar-refractivity contribution is 0.220. The maximum absolute atomic E-state index is 5.96. The van der Waals surface area contributed by atoms with Crippen LogP contribution >= 0.6 is 0 Å². The van der Waals surface area contributed by atoms with Gasteiger partial charge in [-0.1, -0.05) is 34.6 Å². The summed E-state index contributed by atoms with van der Waals surface area (Å²) < 4.78 is 0. The lowest BCUT2D eigenvalue weighted by Gasteiger charge is -2.30. The van der Waals surface area contributed by atoms with Crippen LogP contribution in [0.1, 0.15) is 65.6 Å². The Morgan fingerprint density at radius 1 is 1.19 bits per heavy atom. The molecule has 0 saturated carbocycles. The van der Waals surface area contributed by atoms with E-state index in [9.17, 15) is 0 Å². The number of nitrogens with two attached hydrogens (primary N) is 1. The summed E-state index contributed by atoms with van der Waals surface area (Å²) in [7, 11) is 0. The van der Waals surface area contributed by atoms with Gasteiger partial charge in [0.1, 0.15) is 17.5 Å². The summed E-state index contributed by atoms with van der Waals surface area (Å²) in [5.74, 6) is 3.52. The predicted molar refractivity (Wildman–Crippen MR) is 89.5 cm³/mol. The van der Waals surface area contributed by atoms with E-state index in [0.717, 1.165) is 30.6 Å². The van der Waals surface area contributed by atoms with Crippen molar-refractivity contribution in [2.45, 2.75) is 59.8 Å². The lowest BCUT2D eigenvalue weighted by Crippen LogP contribution is -2.27. The standard InChI is InChI=1S/C17H30N4/c1-12(2)16-19-14(18)11-15(20-16)21-9-6-7-13(8-10-21)17(3,4)5/h11-13H,6-10H2,1-5H3,(H2,18,19,20). The lowest BCUT2D eigenvalue weighted by atomic mass is 9.77. The summed E-state index contributed by atoms with van der Waals surface area (Å²) >= 11 is 0. The molecular weight excluding hydrogens is 260 g/mol. The zero-order valence-electron chi connectivity index (χ0n) is 14.2. The topological polar surface area (TPSA) is 55.0 Å². The molecule has 1 unspecified atom stereocenters. The number of rotatable bonds is 2. The van der Waals surface area contributed by atoms with Gasteiger partial charge in [-0.3, -0.25) is 0 Å². The molecule has 1 fully saturated rings. The summed E-state index contributed by atoms with van der Waals surface area (Å²) in [5, 5.41) is 0. The molecule has 1 aliphatic heterocycles. The summed E-state index contributed by atoms with van der Waals surface area (Å²) in [6, 6.07) is 1.92. The number of hydrogen-bond donors (Lipinski definition) is 1.